The van der Waals surface area contributed by atoms with Gasteiger partial charge in [0, 0.05) is 6.61 Å². The zero-order chi connectivity index (χ0) is 9.03. The molecule has 1 aliphatic rings. The van der Waals surface area contributed by atoms with E-state index in [1.165, 1.54) is 0 Å². The Morgan fingerprint density at radius 1 is 1.67 bits per heavy atom. The maximum atomic E-state index is 5.45. The van der Waals surface area contributed by atoms with Gasteiger partial charge in [-0.05, 0) is 19.8 Å². The Bertz CT molecular complexity index is 174. The van der Waals surface area contributed by atoms with Crippen LogP contribution in [0.3, 0.4) is 0 Å². The van der Waals surface area contributed by atoms with Crippen LogP contribution in [0.25, 0.3) is 0 Å². The highest BCUT2D eigenvalue weighted by atomic mass is 16.5. The number of hydrogen-bond acceptors (Lipinski definition) is 3. The highest BCUT2D eigenvalue weighted by Gasteiger charge is 2.26. The van der Waals surface area contributed by atoms with Crippen molar-refractivity contribution in [2.24, 2.45) is 16.6 Å². The summed E-state index contributed by atoms with van der Waals surface area (Å²) in [6.45, 7) is 3.45. The SMILES string of the molecule is CC1(N=C(N)NN)CCCOC1. The summed E-state index contributed by atoms with van der Waals surface area (Å²) < 4.78 is 5.30. The van der Waals surface area contributed by atoms with Crippen molar-refractivity contribution < 1.29 is 4.74 Å². The molecule has 12 heavy (non-hydrogen) atoms. The summed E-state index contributed by atoms with van der Waals surface area (Å²) in [5, 5.41) is 0. The van der Waals surface area contributed by atoms with E-state index in [0.29, 0.717) is 6.61 Å². The fourth-order valence-electron chi connectivity index (χ4n) is 1.33. The van der Waals surface area contributed by atoms with Gasteiger partial charge in [-0.1, -0.05) is 0 Å². The molecule has 0 spiro atoms. The Hall–Kier alpha value is -0.810. The van der Waals surface area contributed by atoms with Gasteiger partial charge in [0.05, 0.1) is 12.1 Å². The first-order valence-corrected chi connectivity index (χ1v) is 4.06. The van der Waals surface area contributed by atoms with Crippen LogP contribution in [0.5, 0.6) is 0 Å². The standard InChI is InChI=1S/C7H16N4O/c1-7(10-6(8)11-9)3-2-4-12-5-7/h2-5,9H2,1H3,(H3,8,10,11). The third-order valence-electron chi connectivity index (χ3n) is 1.96. The normalized spacial score (nSPS) is 31.7. The smallest absolute Gasteiger partial charge is 0.203 e. The molecule has 1 atom stereocenters. The average molecular weight is 172 g/mol. The number of nitrogens with zero attached hydrogens (tertiary/aromatic N) is 1. The number of hydrogen-bond donors (Lipinski definition) is 3. The Morgan fingerprint density at radius 3 is 2.92 bits per heavy atom. The van der Waals surface area contributed by atoms with Crippen molar-refractivity contribution in [3.05, 3.63) is 0 Å². The van der Waals surface area contributed by atoms with Crippen LogP contribution in [0.2, 0.25) is 0 Å². The lowest BCUT2D eigenvalue weighted by Crippen LogP contribution is -2.42. The van der Waals surface area contributed by atoms with Crippen molar-refractivity contribution in [3.8, 4) is 0 Å². The molecule has 0 aliphatic carbocycles. The van der Waals surface area contributed by atoms with Gasteiger partial charge in [-0.3, -0.25) is 5.43 Å². The summed E-state index contributed by atoms with van der Waals surface area (Å²) in [6, 6.07) is 0. The first kappa shape index (κ1) is 9.28. The van der Waals surface area contributed by atoms with Crippen molar-refractivity contribution in [1.82, 2.24) is 5.43 Å². The number of nitrogens with two attached hydrogens (primary N) is 2. The average Bonchev–Trinajstić information content (AvgIpc) is 2.05. The first-order valence-electron chi connectivity index (χ1n) is 4.06. The highest BCUT2D eigenvalue weighted by molar-refractivity contribution is 5.77. The largest absolute Gasteiger partial charge is 0.379 e. The van der Waals surface area contributed by atoms with Crippen molar-refractivity contribution in [2.45, 2.75) is 25.3 Å². The molecule has 1 rings (SSSR count). The van der Waals surface area contributed by atoms with Crippen LogP contribution in [0.1, 0.15) is 19.8 Å². The van der Waals surface area contributed by atoms with Crippen LogP contribution in [-0.2, 0) is 4.74 Å². The van der Waals surface area contributed by atoms with E-state index in [1.54, 1.807) is 0 Å². The zero-order valence-corrected chi connectivity index (χ0v) is 7.34. The van der Waals surface area contributed by atoms with Crippen molar-refractivity contribution in [3.63, 3.8) is 0 Å². The summed E-state index contributed by atoms with van der Waals surface area (Å²) in [4.78, 5) is 4.22. The number of nitrogens with one attached hydrogen (secondary N) is 1. The van der Waals surface area contributed by atoms with Gasteiger partial charge in [-0.15, -0.1) is 0 Å². The molecule has 5 nitrogen and oxygen atoms in total. The molecule has 0 aromatic carbocycles. The molecule has 0 radical (unpaired) electrons. The quantitative estimate of drug-likeness (QED) is 0.212. The van der Waals surface area contributed by atoms with E-state index in [0.717, 1.165) is 19.4 Å². The summed E-state index contributed by atoms with van der Waals surface area (Å²) in [5.41, 5.74) is 7.56. The summed E-state index contributed by atoms with van der Waals surface area (Å²) in [6.07, 6.45) is 2.02. The second kappa shape index (κ2) is 3.73. The van der Waals surface area contributed by atoms with E-state index in [4.69, 9.17) is 16.3 Å². The van der Waals surface area contributed by atoms with E-state index >= 15 is 0 Å². The topological polar surface area (TPSA) is 85.7 Å². The number of rotatable bonds is 1. The molecule has 0 amide bonds. The number of aliphatic imine (C=N–C) groups is 1. The number of ether oxygens (including phenoxy) is 1. The lowest BCUT2D eigenvalue weighted by molar-refractivity contribution is 0.0466. The minimum atomic E-state index is -0.200. The lowest BCUT2D eigenvalue weighted by Gasteiger charge is -2.29. The predicted octanol–water partition coefficient (Wildman–Crippen LogP) is -0.667. The summed E-state index contributed by atoms with van der Waals surface area (Å²) in [7, 11) is 0. The third kappa shape index (κ3) is 2.35. The van der Waals surface area contributed by atoms with Gasteiger partial charge >= 0.3 is 0 Å². The first-order chi connectivity index (χ1) is 5.66. The predicted molar refractivity (Wildman–Crippen MR) is 47.4 cm³/mol. The molecule has 1 fully saturated rings. The van der Waals surface area contributed by atoms with E-state index in [2.05, 4.69) is 10.4 Å². The number of guanidine groups is 1. The van der Waals surface area contributed by atoms with Gasteiger partial charge in [0.25, 0.3) is 0 Å². The maximum Gasteiger partial charge on any atom is 0.203 e. The monoisotopic (exact) mass is 172 g/mol. The second-order valence-electron chi connectivity index (χ2n) is 3.29. The molecule has 1 saturated heterocycles. The maximum absolute atomic E-state index is 5.45. The Kier molecular flexibility index (Phi) is 2.88. The van der Waals surface area contributed by atoms with E-state index in [1.807, 2.05) is 6.92 Å². The van der Waals surface area contributed by atoms with Gasteiger partial charge in [-0.2, -0.15) is 0 Å². The molecule has 1 aliphatic heterocycles. The molecule has 1 heterocycles. The molecule has 0 aromatic rings. The third-order valence-corrected chi connectivity index (χ3v) is 1.96. The fourth-order valence-corrected chi connectivity index (χ4v) is 1.33. The Balaban J connectivity index is 2.57. The van der Waals surface area contributed by atoms with Crippen molar-refractivity contribution in [2.75, 3.05) is 13.2 Å². The fraction of sp³-hybridized carbons (Fsp3) is 0.857. The van der Waals surface area contributed by atoms with E-state index in [-0.39, 0.29) is 11.5 Å². The molecule has 0 aromatic heterocycles. The van der Waals surface area contributed by atoms with Crippen molar-refractivity contribution >= 4 is 5.96 Å². The van der Waals surface area contributed by atoms with Gasteiger partial charge in [0.1, 0.15) is 0 Å². The van der Waals surface area contributed by atoms with Crippen LogP contribution >= 0.6 is 0 Å². The zero-order valence-electron chi connectivity index (χ0n) is 7.34. The van der Waals surface area contributed by atoms with Gasteiger partial charge < -0.3 is 10.5 Å². The van der Waals surface area contributed by atoms with Crippen LogP contribution in [0, 0.1) is 0 Å². The van der Waals surface area contributed by atoms with Crippen LogP contribution < -0.4 is 17.0 Å². The van der Waals surface area contributed by atoms with Gasteiger partial charge in [0.15, 0.2) is 0 Å². The van der Waals surface area contributed by atoms with E-state index < -0.39 is 0 Å². The molecule has 5 N–H and O–H groups in total. The van der Waals surface area contributed by atoms with Crippen LogP contribution in [0.4, 0.5) is 0 Å². The highest BCUT2D eigenvalue weighted by Crippen LogP contribution is 2.22. The summed E-state index contributed by atoms with van der Waals surface area (Å²) >= 11 is 0. The Labute approximate surface area is 72.1 Å². The van der Waals surface area contributed by atoms with Crippen LogP contribution in [0.15, 0.2) is 4.99 Å². The molecule has 1 unspecified atom stereocenters. The summed E-state index contributed by atoms with van der Waals surface area (Å²) in [5.74, 6) is 5.37. The molecular weight excluding hydrogens is 156 g/mol. The Morgan fingerprint density at radius 2 is 2.42 bits per heavy atom. The second-order valence-corrected chi connectivity index (χ2v) is 3.29. The van der Waals surface area contributed by atoms with Gasteiger partial charge in [-0.25, -0.2) is 10.8 Å². The molecule has 70 valence electrons. The van der Waals surface area contributed by atoms with Crippen LogP contribution in [-0.4, -0.2) is 24.7 Å². The number of hydrazine groups is 1. The molecule has 5 heteroatoms. The minimum absolute atomic E-state index is 0.200. The van der Waals surface area contributed by atoms with Crippen molar-refractivity contribution in [1.29, 1.82) is 0 Å². The van der Waals surface area contributed by atoms with E-state index in [9.17, 15) is 0 Å². The molecule has 0 bridgehead atoms. The molecule has 0 saturated carbocycles. The van der Waals surface area contributed by atoms with Gasteiger partial charge in [0.2, 0.25) is 5.96 Å². The molecular formula is C7H16N4O. The minimum Gasteiger partial charge on any atom is -0.379 e. The lowest BCUT2D eigenvalue weighted by atomic mass is 9.96.